The highest BCUT2D eigenvalue weighted by atomic mass is 16.4. The minimum Gasteiger partial charge on any atom is -0.480 e. The zero-order valence-corrected chi connectivity index (χ0v) is 12.9. The Hall–Kier alpha value is -1.69. The molecule has 0 fully saturated rings. The summed E-state index contributed by atoms with van der Waals surface area (Å²) in [6.07, 6.45) is 0. The van der Waals surface area contributed by atoms with E-state index < -0.39 is 5.97 Å². The van der Waals surface area contributed by atoms with Crippen molar-refractivity contribution in [1.82, 2.24) is 14.9 Å². The molecule has 0 unspecified atom stereocenters. The minimum absolute atomic E-state index is 0.0537. The first kappa shape index (κ1) is 16.4. The Morgan fingerprint density at radius 3 is 2.45 bits per heavy atom. The second-order valence-corrected chi connectivity index (χ2v) is 5.50. The van der Waals surface area contributed by atoms with Crippen LogP contribution in [0.25, 0.3) is 0 Å². The molecule has 20 heavy (non-hydrogen) atoms. The van der Waals surface area contributed by atoms with Crippen molar-refractivity contribution in [1.29, 1.82) is 0 Å². The van der Waals surface area contributed by atoms with Crippen molar-refractivity contribution >= 4 is 11.8 Å². The number of rotatable bonds is 7. The molecule has 1 aromatic heterocycles. The molecule has 112 valence electrons. The number of aliphatic carboxylic acids is 1. The SMILES string of the molecule is Cc1cc(N(CCN(C)C)CC(=O)O)nc(C(C)C)n1. The molecule has 0 saturated heterocycles. The normalized spacial score (nSPS) is 11.2. The van der Waals surface area contributed by atoms with E-state index in [1.165, 1.54) is 0 Å². The molecule has 0 aromatic carbocycles. The van der Waals surface area contributed by atoms with Crippen molar-refractivity contribution in [2.45, 2.75) is 26.7 Å². The lowest BCUT2D eigenvalue weighted by Crippen LogP contribution is -2.36. The van der Waals surface area contributed by atoms with Crippen LogP contribution in [-0.2, 0) is 4.79 Å². The van der Waals surface area contributed by atoms with Crippen LogP contribution in [-0.4, -0.2) is 59.7 Å². The predicted octanol–water partition coefficient (Wildman–Crippen LogP) is 1.36. The van der Waals surface area contributed by atoms with Gasteiger partial charge in [0.1, 0.15) is 18.2 Å². The van der Waals surface area contributed by atoms with Gasteiger partial charge >= 0.3 is 5.97 Å². The van der Waals surface area contributed by atoms with Crippen LogP contribution >= 0.6 is 0 Å². The number of carboxylic acid groups (broad SMARTS) is 1. The van der Waals surface area contributed by atoms with Crippen LogP contribution in [0.15, 0.2) is 6.07 Å². The summed E-state index contributed by atoms with van der Waals surface area (Å²) in [5.74, 6) is 0.797. The second-order valence-electron chi connectivity index (χ2n) is 5.50. The molecule has 0 bridgehead atoms. The molecule has 0 aliphatic rings. The van der Waals surface area contributed by atoms with E-state index in [1.807, 2.05) is 45.8 Å². The van der Waals surface area contributed by atoms with Crippen LogP contribution in [0.3, 0.4) is 0 Å². The summed E-state index contributed by atoms with van der Waals surface area (Å²) in [6.45, 7) is 7.30. The summed E-state index contributed by atoms with van der Waals surface area (Å²) in [7, 11) is 3.92. The third kappa shape index (κ3) is 5.13. The highest BCUT2D eigenvalue weighted by molar-refractivity contribution is 5.73. The maximum atomic E-state index is 11.0. The monoisotopic (exact) mass is 280 g/mol. The Morgan fingerprint density at radius 2 is 1.95 bits per heavy atom. The minimum atomic E-state index is -0.855. The lowest BCUT2D eigenvalue weighted by Gasteiger charge is -2.24. The van der Waals surface area contributed by atoms with Gasteiger partial charge < -0.3 is 14.9 Å². The van der Waals surface area contributed by atoms with Crippen molar-refractivity contribution in [3.8, 4) is 0 Å². The smallest absolute Gasteiger partial charge is 0.323 e. The molecule has 0 spiro atoms. The molecule has 1 rings (SSSR count). The van der Waals surface area contributed by atoms with Gasteiger partial charge in [0.05, 0.1) is 0 Å². The maximum absolute atomic E-state index is 11.0. The molecular weight excluding hydrogens is 256 g/mol. The molecule has 0 amide bonds. The van der Waals surface area contributed by atoms with Gasteiger partial charge in [0.25, 0.3) is 0 Å². The predicted molar refractivity (Wildman–Crippen MR) is 79.3 cm³/mol. The van der Waals surface area contributed by atoms with Crippen LogP contribution in [0.2, 0.25) is 0 Å². The Morgan fingerprint density at radius 1 is 1.30 bits per heavy atom. The highest BCUT2D eigenvalue weighted by Crippen LogP contribution is 2.17. The van der Waals surface area contributed by atoms with E-state index in [1.54, 1.807) is 4.90 Å². The quantitative estimate of drug-likeness (QED) is 0.813. The summed E-state index contributed by atoms with van der Waals surface area (Å²) < 4.78 is 0. The van der Waals surface area contributed by atoms with Crippen molar-refractivity contribution in [2.24, 2.45) is 0 Å². The zero-order chi connectivity index (χ0) is 15.3. The highest BCUT2D eigenvalue weighted by Gasteiger charge is 2.15. The van der Waals surface area contributed by atoms with Crippen LogP contribution in [0.1, 0.15) is 31.3 Å². The summed E-state index contributed by atoms with van der Waals surface area (Å²) in [4.78, 5) is 23.7. The number of nitrogens with zero attached hydrogens (tertiary/aromatic N) is 4. The summed E-state index contributed by atoms with van der Waals surface area (Å²) >= 11 is 0. The van der Waals surface area contributed by atoms with E-state index in [4.69, 9.17) is 5.11 Å². The number of aromatic nitrogens is 2. The van der Waals surface area contributed by atoms with Gasteiger partial charge in [-0.05, 0) is 21.0 Å². The van der Waals surface area contributed by atoms with Crippen LogP contribution in [0.5, 0.6) is 0 Å². The molecule has 0 aliphatic heterocycles. The summed E-state index contributed by atoms with van der Waals surface area (Å²) in [6, 6.07) is 1.84. The topological polar surface area (TPSA) is 69.6 Å². The molecule has 1 heterocycles. The zero-order valence-electron chi connectivity index (χ0n) is 12.9. The van der Waals surface area contributed by atoms with Gasteiger partial charge in [0, 0.05) is 30.8 Å². The largest absolute Gasteiger partial charge is 0.480 e. The fraction of sp³-hybridized carbons (Fsp3) is 0.643. The fourth-order valence-corrected chi connectivity index (χ4v) is 1.75. The molecule has 0 radical (unpaired) electrons. The Kier molecular flexibility index (Phi) is 5.88. The molecule has 0 saturated carbocycles. The first-order chi connectivity index (χ1) is 9.29. The Bertz CT molecular complexity index is 460. The van der Waals surface area contributed by atoms with Crippen molar-refractivity contribution in [3.05, 3.63) is 17.6 Å². The van der Waals surface area contributed by atoms with E-state index in [0.717, 1.165) is 18.1 Å². The van der Waals surface area contributed by atoms with E-state index in [2.05, 4.69) is 9.97 Å². The van der Waals surface area contributed by atoms with Gasteiger partial charge in [-0.3, -0.25) is 4.79 Å². The number of hydrogen-bond donors (Lipinski definition) is 1. The van der Waals surface area contributed by atoms with Gasteiger partial charge in [0.2, 0.25) is 0 Å². The second kappa shape index (κ2) is 7.19. The summed E-state index contributed by atoms with van der Waals surface area (Å²) in [5.41, 5.74) is 0.860. The van der Waals surface area contributed by atoms with Crippen molar-refractivity contribution in [3.63, 3.8) is 0 Å². The maximum Gasteiger partial charge on any atom is 0.323 e. The van der Waals surface area contributed by atoms with Crippen LogP contribution < -0.4 is 4.90 Å². The third-order valence-electron chi connectivity index (χ3n) is 2.84. The molecule has 6 heteroatoms. The first-order valence-electron chi connectivity index (χ1n) is 6.76. The number of hydrogen-bond acceptors (Lipinski definition) is 5. The third-order valence-corrected chi connectivity index (χ3v) is 2.84. The number of anilines is 1. The number of likely N-dealkylation sites (N-methyl/N-ethyl adjacent to an activating group) is 1. The van der Waals surface area contributed by atoms with E-state index >= 15 is 0 Å². The number of aryl methyl sites for hydroxylation is 1. The van der Waals surface area contributed by atoms with Gasteiger partial charge in [-0.2, -0.15) is 0 Å². The lowest BCUT2D eigenvalue weighted by molar-refractivity contribution is -0.135. The molecule has 0 atom stereocenters. The van der Waals surface area contributed by atoms with Gasteiger partial charge in [-0.25, -0.2) is 9.97 Å². The molecule has 1 aromatic rings. The lowest BCUT2D eigenvalue weighted by atomic mass is 10.2. The Balaban J connectivity index is 3.02. The van der Waals surface area contributed by atoms with Crippen molar-refractivity contribution < 1.29 is 9.90 Å². The first-order valence-corrected chi connectivity index (χ1v) is 6.76. The van der Waals surface area contributed by atoms with Gasteiger partial charge in [-0.1, -0.05) is 13.8 Å². The number of carboxylic acids is 1. The average molecular weight is 280 g/mol. The van der Waals surface area contributed by atoms with Crippen molar-refractivity contribution in [2.75, 3.05) is 38.6 Å². The average Bonchev–Trinajstić information content (AvgIpc) is 2.32. The molecule has 6 nitrogen and oxygen atoms in total. The van der Waals surface area contributed by atoms with E-state index in [-0.39, 0.29) is 12.5 Å². The molecule has 1 N–H and O–H groups in total. The summed E-state index contributed by atoms with van der Waals surface area (Å²) in [5, 5.41) is 9.06. The molecular formula is C14H24N4O2. The number of carbonyl (C=O) groups is 1. The van der Waals surface area contributed by atoms with E-state index in [0.29, 0.717) is 12.4 Å². The van der Waals surface area contributed by atoms with Gasteiger partial charge in [0.15, 0.2) is 0 Å². The molecule has 0 aliphatic carbocycles. The Labute approximate surface area is 120 Å². The van der Waals surface area contributed by atoms with Crippen LogP contribution in [0.4, 0.5) is 5.82 Å². The standard InChI is InChI=1S/C14H24N4O2/c1-10(2)14-15-11(3)8-12(16-14)18(9-13(19)20)7-6-17(4)5/h8,10H,6-7,9H2,1-5H3,(H,19,20). The van der Waals surface area contributed by atoms with Gasteiger partial charge in [-0.15, -0.1) is 0 Å². The van der Waals surface area contributed by atoms with E-state index in [9.17, 15) is 4.79 Å². The van der Waals surface area contributed by atoms with Crippen LogP contribution in [0, 0.1) is 6.92 Å². The fourth-order valence-electron chi connectivity index (χ4n) is 1.75.